The minimum absolute atomic E-state index is 0.312. The van der Waals surface area contributed by atoms with Crippen LogP contribution in [0.15, 0.2) is 30.3 Å². The van der Waals surface area contributed by atoms with Gasteiger partial charge in [-0.05, 0) is 18.1 Å². The zero-order valence-corrected chi connectivity index (χ0v) is 11.3. The first-order valence-electron chi connectivity index (χ1n) is 5.90. The van der Waals surface area contributed by atoms with Gasteiger partial charge in [-0.25, -0.2) is 4.98 Å². The number of nitrogens with two attached hydrogens (primary N) is 1. The summed E-state index contributed by atoms with van der Waals surface area (Å²) in [5.74, 6) is 0.951. The van der Waals surface area contributed by atoms with E-state index >= 15 is 0 Å². The van der Waals surface area contributed by atoms with Crippen molar-refractivity contribution in [2.45, 2.75) is 13.8 Å². The Morgan fingerprint density at radius 3 is 2.78 bits per heavy atom. The molecule has 94 valence electrons. The number of aromatic nitrogens is 1. The van der Waals surface area contributed by atoms with Crippen LogP contribution in [0.2, 0.25) is 0 Å². The summed E-state index contributed by atoms with van der Waals surface area (Å²) >= 11 is 5.05. The summed E-state index contributed by atoms with van der Waals surface area (Å²) < 4.78 is 5.69. The summed E-state index contributed by atoms with van der Waals surface area (Å²) in [6.07, 6.45) is 0. The summed E-state index contributed by atoms with van der Waals surface area (Å²) in [7, 11) is 0. The topological polar surface area (TPSA) is 48.1 Å². The van der Waals surface area contributed by atoms with Gasteiger partial charge in [-0.1, -0.05) is 44.3 Å². The zero-order chi connectivity index (χ0) is 13.1. The van der Waals surface area contributed by atoms with Gasteiger partial charge < -0.3 is 10.5 Å². The lowest BCUT2D eigenvalue weighted by Crippen LogP contribution is -2.14. The van der Waals surface area contributed by atoms with E-state index in [2.05, 4.69) is 18.8 Å². The number of fused-ring (bicyclic) bond motifs is 1. The number of thiocarbonyl (C=S) groups is 1. The van der Waals surface area contributed by atoms with Gasteiger partial charge in [0.15, 0.2) is 0 Å². The first-order valence-corrected chi connectivity index (χ1v) is 6.31. The van der Waals surface area contributed by atoms with Gasteiger partial charge in [0, 0.05) is 5.39 Å². The van der Waals surface area contributed by atoms with E-state index in [-0.39, 0.29) is 0 Å². The molecule has 0 bridgehead atoms. The molecular weight excluding hydrogens is 244 g/mol. The fourth-order valence-corrected chi connectivity index (χ4v) is 1.78. The average molecular weight is 260 g/mol. The van der Waals surface area contributed by atoms with E-state index in [1.54, 1.807) is 0 Å². The Hall–Kier alpha value is -1.68. The fraction of sp³-hybridized carbons (Fsp3) is 0.286. The molecule has 0 unspecified atom stereocenters. The number of rotatable bonds is 4. The van der Waals surface area contributed by atoms with Crippen LogP contribution in [-0.2, 0) is 0 Å². The average Bonchev–Trinajstić information content (AvgIpc) is 2.35. The van der Waals surface area contributed by atoms with Crippen LogP contribution in [-0.4, -0.2) is 16.6 Å². The Balaban J connectivity index is 2.47. The Bertz CT molecular complexity index is 581. The fourth-order valence-electron chi connectivity index (χ4n) is 1.63. The molecule has 0 spiro atoms. The molecular formula is C14H16N2OS. The number of ether oxygens (including phenoxy) is 1. The maximum absolute atomic E-state index is 5.72. The highest BCUT2D eigenvalue weighted by molar-refractivity contribution is 7.80. The van der Waals surface area contributed by atoms with Crippen LogP contribution in [0.3, 0.4) is 0 Å². The molecule has 2 N–H and O–H groups in total. The van der Waals surface area contributed by atoms with Crippen LogP contribution in [0, 0.1) is 5.92 Å². The van der Waals surface area contributed by atoms with Gasteiger partial charge in [0.25, 0.3) is 0 Å². The van der Waals surface area contributed by atoms with Crippen molar-refractivity contribution >= 4 is 28.1 Å². The van der Waals surface area contributed by atoms with E-state index in [9.17, 15) is 0 Å². The lowest BCUT2D eigenvalue weighted by Gasteiger charge is -2.12. The molecule has 1 aromatic heterocycles. The Morgan fingerprint density at radius 2 is 2.11 bits per heavy atom. The molecule has 4 heteroatoms. The van der Waals surface area contributed by atoms with E-state index in [4.69, 9.17) is 22.7 Å². The van der Waals surface area contributed by atoms with Crippen molar-refractivity contribution in [1.29, 1.82) is 0 Å². The first-order chi connectivity index (χ1) is 8.58. The molecule has 2 aromatic rings. The van der Waals surface area contributed by atoms with Crippen molar-refractivity contribution in [3.63, 3.8) is 0 Å². The Morgan fingerprint density at radius 1 is 1.39 bits per heavy atom. The summed E-state index contributed by atoms with van der Waals surface area (Å²) in [5.41, 5.74) is 7.31. The van der Waals surface area contributed by atoms with Gasteiger partial charge >= 0.3 is 0 Å². The summed E-state index contributed by atoms with van der Waals surface area (Å²) in [6, 6.07) is 9.77. The number of benzene rings is 1. The SMILES string of the molecule is CC(C)COc1nc2ccccc2cc1C(N)=S. The number of pyridine rings is 1. The lowest BCUT2D eigenvalue weighted by atomic mass is 10.1. The van der Waals surface area contributed by atoms with Crippen molar-refractivity contribution in [3.05, 3.63) is 35.9 Å². The van der Waals surface area contributed by atoms with Crippen molar-refractivity contribution < 1.29 is 4.74 Å². The smallest absolute Gasteiger partial charge is 0.224 e. The summed E-state index contributed by atoms with van der Waals surface area (Å²) in [6.45, 7) is 4.77. The molecule has 0 aliphatic heterocycles. The maximum atomic E-state index is 5.72. The van der Waals surface area contributed by atoms with Crippen LogP contribution in [0.1, 0.15) is 19.4 Å². The molecule has 18 heavy (non-hydrogen) atoms. The van der Waals surface area contributed by atoms with Crippen molar-refractivity contribution in [1.82, 2.24) is 4.98 Å². The number of hydrogen-bond donors (Lipinski definition) is 1. The zero-order valence-electron chi connectivity index (χ0n) is 10.5. The third kappa shape index (κ3) is 2.76. The molecule has 1 aromatic carbocycles. The monoisotopic (exact) mass is 260 g/mol. The number of para-hydroxylation sites is 1. The maximum Gasteiger partial charge on any atom is 0.224 e. The van der Waals surface area contributed by atoms with Gasteiger partial charge in [0.2, 0.25) is 5.88 Å². The van der Waals surface area contributed by atoms with Crippen LogP contribution in [0.5, 0.6) is 5.88 Å². The summed E-state index contributed by atoms with van der Waals surface area (Å²) in [4.78, 5) is 4.79. The van der Waals surface area contributed by atoms with Crippen LogP contribution >= 0.6 is 12.2 Å². The minimum Gasteiger partial charge on any atom is -0.477 e. The van der Waals surface area contributed by atoms with Crippen LogP contribution < -0.4 is 10.5 Å². The quantitative estimate of drug-likeness (QED) is 0.859. The van der Waals surface area contributed by atoms with E-state index < -0.39 is 0 Å². The Kier molecular flexibility index (Phi) is 3.77. The second kappa shape index (κ2) is 5.31. The van der Waals surface area contributed by atoms with Gasteiger partial charge in [0.1, 0.15) is 4.99 Å². The van der Waals surface area contributed by atoms with Gasteiger partial charge in [-0.2, -0.15) is 0 Å². The van der Waals surface area contributed by atoms with Crippen LogP contribution in [0.25, 0.3) is 10.9 Å². The second-order valence-electron chi connectivity index (χ2n) is 4.60. The second-order valence-corrected chi connectivity index (χ2v) is 5.04. The third-order valence-electron chi connectivity index (χ3n) is 2.51. The molecule has 0 aliphatic carbocycles. The van der Waals surface area contributed by atoms with Crippen LogP contribution in [0.4, 0.5) is 0 Å². The molecule has 0 radical (unpaired) electrons. The molecule has 0 fully saturated rings. The normalized spacial score (nSPS) is 10.8. The van der Waals surface area contributed by atoms with E-state index in [0.29, 0.717) is 29.0 Å². The molecule has 0 aliphatic rings. The molecule has 0 atom stereocenters. The standard InChI is InChI=1S/C14H16N2OS/c1-9(2)8-17-14-11(13(15)18)7-10-5-3-4-6-12(10)16-14/h3-7,9H,8H2,1-2H3,(H2,15,18). The van der Waals surface area contributed by atoms with Gasteiger partial charge in [-0.15, -0.1) is 0 Å². The van der Waals surface area contributed by atoms with E-state index in [1.807, 2.05) is 30.3 Å². The molecule has 0 saturated carbocycles. The molecule has 1 heterocycles. The highest BCUT2D eigenvalue weighted by atomic mass is 32.1. The number of nitrogens with zero attached hydrogens (tertiary/aromatic N) is 1. The largest absolute Gasteiger partial charge is 0.477 e. The molecule has 0 saturated heterocycles. The van der Waals surface area contributed by atoms with Crippen molar-refractivity contribution in [2.24, 2.45) is 11.7 Å². The lowest BCUT2D eigenvalue weighted by molar-refractivity contribution is 0.262. The third-order valence-corrected chi connectivity index (χ3v) is 2.73. The molecule has 2 rings (SSSR count). The van der Waals surface area contributed by atoms with Gasteiger partial charge in [0.05, 0.1) is 17.7 Å². The van der Waals surface area contributed by atoms with Crippen molar-refractivity contribution in [2.75, 3.05) is 6.61 Å². The first kappa shape index (κ1) is 12.8. The highest BCUT2D eigenvalue weighted by Gasteiger charge is 2.11. The highest BCUT2D eigenvalue weighted by Crippen LogP contribution is 2.22. The molecule has 0 amide bonds. The summed E-state index contributed by atoms with van der Waals surface area (Å²) in [5, 5.41) is 1.01. The van der Waals surface area contributed by atoms with Gasteiger partial charge in [-0.3, -0.25) is 0 Å². The number of hydrogen-bond acceptors (Lipinski definition) is 3. The molecule has 3 nitrogen and oxygen atoms in total. The predicted octanol–water partition coefficient (Wildman–Crippen LogP) is 2.90. The van der Waals surface area contributed by atoms with E-state index in [1.165, 1.54) is 0 Å². The van der Waals surface area contributed by atoms with Crippen molar-refractivity contribution in [3.8, 4) is 5.88 Å². The predicted molar refractivity (Wildman–Crippen MR) is 78.0 cm³/mol. The Labute approximate surface area is 112 Å². The van der Waals surface area contributed by atoms with E-state index in [0.717, 1.165) is 10.9 Å². The minimum atomic E-state index is 0.312.